The maximum absolute atomic E-state index is 5.96. The highest BCUT2D eigenvalue weighted by Gasteiger charge is 2.32. The molecule has 3 heterocycles. The summed E-state index contributed by atoms with van der Waals surface area (Å²) in [5, 5.41) is 3.38. The van der Waals surface area contributed by atoms with Gasteiger partial charge in [0.25, 0.3) is 0 Å². The Morgan fingerprint density at radius 1 is 1.21 bits per heavy atom. The lowest BCUT2D eigenvalue weighted by Crippen LogP contribution is -2.53. The average molecular weight is 384 g/mol. The highest BCUT2D eigenvalue weighted by molar-refractivity contribution is 5.80. The Bertz CT molecular complexity index is 771. The number of guanidine groups is 1. The Morgan fingerprint density at radius 3 is 2.86 bits per heavy atom. The molecule has 0 aliphatic carbocycles. The van der Waals surface area contributed by atoms with Crippen LogP contribution in [-0.2, 0) is 16.0 Å². The van der Waals surface area contributed by atoms with E-state index in [1.807, 2.05) is 30.3 Å². The van der Waals surface area contributed by atoms with Crippen molar-refractivity contribution in [1.29, 1.82) is 0 Å². The van der Waals surface area contributed by atoms with Crippen LogP contribution in [-0.4, -0.2) is 60.9 Å². The normalized spacial score (nSPS) is 23.2. The lowest BCUT2D eigenvalue weighted by Gasteiger charge is -2.37. The third kappa shape index (κ3) is 4.54. The number of aliphatic imine (C=N–C) groups is 1. The van der Waals surface area contributed by atoms with Crippen LogP contribution < -0.4 is 5.32 Å². The minimum absolute atomic E-state index is 0.103. The first kappa shape index (κ1) is 19.0. The largest absolute Gasteiger partial charge is 0.439 e. The van der Waals surface area contributed by atoms with Crippen molar-refractivity contribution in [3.05, 3.63) is 42.4 Å². The van der Waals surface area contributed by atoms with Crippen LogP contribution >= 0.6 is 0 Å². The van der Waals surface area contributed by atoms with Gasteiger partial charge in [-0.15, -0.1) is 0 Å². The van der Waals surface area contributed by atoms with E-state index in [4.69, 9.17) is 18.9 Å². The van der Waals surface area contributed by atoms with Crippen molar-refractivity contribution >= 4 is 5.96 Å². The van der Waals surface area contributed by atoms with E-state index in [-0.39, 0.29) is 12.2 Å². The van der Waals surface area contributed by atoms with Crippen molar-refractivity contribution in [3.8, 4) is 11.3 Å². The first-order valence-corrected chi connectivity index (χ1v) is 10.1. The lowest BCUT2D eigenvalue weighted by molar-refractivity contribution is -0.0817. The van der Waals surface area contributed by atoms with Gasteiger partial charge in [-0.05, 0) is 19.8 Å². The smallest absolute Gasteiger partial charge is 0.216 e. The Hall–Kier alpha value is -2.38. The molecule has 2 fully saturated rings. The molecule has 7 nitrogen and oxygen atoms in total. The number of hydrogen-bond donors (Lipinski definition) is 1. The van der Waals surface area contributed by atoms with Gasteiger partial charge in [0, 0.05) is 31.8 Å². The zero-order valence-corrected chi connectivity index (χ0v) is 16.3. The summed E-state index contributed by atoms with van der Waals surface area (Å²) in [4.78, 5) is 11.4. The highest BCUT2D eigenvalue weighted by Crippen LogP contribution is 2.22. The number of morpholine rings is 1. The Morgan fingerprint density at radius 2 is 2.07 bits per heavy atom. The molecule has 0 saturated carbocycles. The fourth-order valence-corrected chi connectivity index (χ4v) is 3.68. The van der Waals surface area contributed by atoms with Gasteiger partial charge in [-0.1, -0.05) is 30.3 Å². The van der Waals surface area contributed by atoms with Crippen molar-refractivity contribution < 1.29 is 13.9 Å². The van der Waals surface area contributed by atoms with Crippen LogP contribution in [0.3, 0.4) is 0 Å². The standard InChI is InChI=1S/C21H28N4O3/c1-2-22-21(25-10-12-27-19(15-25)17-9-6-11-26-17)24-14-20-23-13-18(28-20)16-7-4-3-5-8-16/h3-5,7-8,13,17,19H,2,6,9-12,14-15H2,1H3,(H,22,24). The van der Waals surface area contributed by atoms with Gasteiger partial charge >= 0.3 is 0 Å². The third-order valence-electron chi connectivity index (χ3n) is 5.08. The van der Waals surface area contributed by atoms with Crippen LogP contribution in [0.5, 0.6) is 0 Å². The summed E-state index contributed by atoms with van der Waals surface area (Å²) < 4.78 is 17.7. The molecule has 4 rings (SSSR count). The van der Waals surface area contributed by atoms with Crippen molar-refractivity contribution in [3.63, 3.8) is 0 Å². The van der Waals surface area contributed by atoms with Gasteiger partial charge in [0.05, 0.1) is 18.9 Å². The van der Waals surface area contributed by atoms with Gasteiger partial charge < -0.3 is 24.1 Å². The molecule has 1 aromatic heterocycles. The monoisotopic (exact) mass is 384 g/mol. The molecule has 0 spiro atoms. The van der Waals surface area contributed by atoms with E-state index in [9.17, 15) is 0 Å². The zero-order valence-electron chi connectivity index (χ0n) is 16.3. The second-order valence-corrected chi connectivity index (χ2v) is 7.06. The molecular weight excluding hydrogens is 356 g/mol. The molecule has 2 saturated heterocycles. The van der Waals surface area contributed by atoms with Gasteiger partial charge in [-0.25, -0.2) is 9.98 Å². The summed E-state index contributed by atoms with van der Waals surface area (Å²) in [5.74, 6) is 2.24. The molecule has 2 unspecified atom stereocenters. The number of aromatic nitrogens is 1. The first-order chi connectivity index (χ1) is 13.8. The molecule has 2 aliphatic heterocycles. The van der Waals surface area contributed by atoms with Crippen LogP contribution in [0.15, 0.2) is 45.9 Å². The van der Waals surface area contributed by atoms with Crippen molar-refractivity contribution in [1.82, 2.24) is 15.2 Å². The van der Waals surface area contributed by atoms with Crippen molar-refractivity contribution in [2.45, 2.75) is 38.5 Å². The van der Waals surface area contributed by atoms with Crippen LogP contribution in [0.1, 0.15) is 25.7 Å². The van der Waals surface area contributed by atoms with E-state index in [1.165, 1.54) is 0 Å². The predicted molar refractivity (Wildman–Crippen MR) is 107 cm³/mol. The molecule has 0 bridgehead atoms. The van der Waals surface area contributed by atoms with Gasteiger partial charge in [-0.3, -0.25) is 0 Å². The Labute approximate surface area is 165 Å². The van der Waals surface area contributed by atoms with Crippen molar-refractivity contribution in [2.24, 2.45) is 4.99 Å². The second kappa shape index (κ2) is 9.21. The summed E-state index contributed by atoms with van der Waals surface area (Å²) >= 11 is 0. The summed E-state index contributed by atoms with van der Waals surface area (Å²) in [6, 6.07) is 9.98. The minimum atomic E-state index is 0.103. The number of benzene rings is 1. The second-order valence-electron chi connectivity index (χ2n) is 7.06. The molecule has 0 amide bonds. The van der Waals surface area contributed by atoms with E-state index in [1.54, 1.807) is 6.20 Å². The summed E-state index contributed by atoms with van der Waals surface area (Å²) in [7, 11) is 0. The number of oxazole rings is 1. The average Bonchev–Trinajstić information content (AvgIpc) is 3.44. The summed E-state index contributed by atoms with van der Waals surface area (Å²) in [5.41, 5.74) is 1.02. The molecule has 1 N–H and O–H groups in total. The highest BCUT2D eigenvalue weighted by atomic mass is 16.5. The SMILES string of the molecule is CCNC(=NCc1ncc(-c2ccccc2)o1)N1CCOC(C2CCCO2)C1. The third-order valence-corrected chi connectivity index (χ3v) is 5.08. The van der Waals surface area contributed by atoms with E-state index in [2.05, 4.69) is 22.1 Å². The molecule has 7 heteroatoms. The molecule has 2 aliphatic rings. The number of nitrogens with one attached hydrogen (secondary N) is 1. The Kier molecular flexibility index (Phi) is 6.24. The first-order valence-electron chi connectivity index (χ1n) is 10.1. The van der Waals surface area contributed by atoms with Crippen LogP contribution in [0.4, 0.5) is 0 Å². The molecule has 150 valence electrons. The van der Waals surface area contributed by atoms with Gasteiger partial charge in [0.1, 0.15) is 12.6 Å². The number of nitrogens with zero attached hydrogens (tertiary/aromatic N) is 3. The van der Waals surface area contributed by atoms with Gasteiger partial charge in [0.2, 0.25) is 5.89 Å². The fraction of sp³-hybridized carbons (Fsp3) is 0.524. The summed E-state index contributed by atoms with van der Waals surface area (Å²) in [6.07, 6.45) is 4.25. The quantitative estimate of drug-likeness (QED) is 0.631. The molecular formula is C21H28N4O3. The number of hydrogen-bond acceptors (Lipinski definition) is 5. The lowest BCUT2D eigenvalue weighted by atomic mass is 10.1. The molecule has 2 atom stereocenters. The zero-order chi connectivity index (χ0) is 19.2. The molecule has 1 aromatic carbocycles. The van der Waals surface area contributed by atoms with E-state index < -0.39 is 0 Å². The maximum Gasteiger partial charge on any atom is 0.216 e. The van der Waals surface area contributed by atoms with Gasteiger partial charge in [-0.2, -0.15) is 0 Å². The predicted octanol–water partition coefficient (Wildman–Crippen LogP) is 2.69. The molecule has 28 heavy (non-hydrogen) atoms. The topological polar surface area (TPSA) is 72.1 Å². The van der Waals surface area contributed by atoms with Crippen LogP contribution in [0.25, 0.3) is 11.3 Å². The van der Waals surface area contributed by atoms with Crippen LogP contribution in [0.2, 0.25) is 0 Å². The Balaban J connectivity index is 1.42. The minimum Gasteiger partial charge on any atom is -0.439 e. The fourth-order valence-electron chi connectivity index (χ4n) is 3.68. The van der Waals surface area contributed by atoms with E-state index in [0.29, 0.717) is 19.0 Å². The number of rotatable bonds is 5. The van der Waals surface area contributed by atoms with Gasteiger partial charge in [0.15, 0.2) is 11.7 Å². The van der Waals surface area contributed by atoms with E-state index in [0.717, 1.165) is 56.4 Å². The molecule has 0 radical (unpaired) electrons. The summed E-state index contributed by atoms with van der Waals surface area (Å²) in [6.45, 7) is 6.41. The molecule has 2 aromatic rings. The van der Waals surface area contributed by atoms with E-state index >= 15 is 0 Å². The maximum atomic E-state index is 5.96. The van der Waals surface area contributed by atoms with Crippen LogP contribution in [0, 0.1) is 0 Å². The van der Waals surface area contributed by atoms with Crippen molar-refractivity contribution in [2.75, 3.05) is 32.8 Å². The number of ether oxygens (including phenoxy) is 2.